The van der Waals surface area contributed by atoms with Crippen LogP contribution in [-0.4, -0.2) is 12.6 Å². The number of fused-ring (bicyclic) bond motifs is 2. The van der Waals surface area contributed by atoms with Crippen LogP contribution in [-0.2, 0) is 0 Å². The maximum absolute atomic E-state index is 2.60. The molecule has 0 aromatic heterocycles. The lowest BCUT2D eigenvalue weighted by atomic mass is 10.1. The van der Waals surface area contributed by atoms with Crippen LogP contribution in [0.4, 0.5) is 5.69 Å². The number of hydrogen-bond acceptors (Lipinski definition) is 1. The zero-order chi connectivity index (χ0) is 9.54. The summed E-state index contributed by atoms with van der Waals surface area (Å²) in [6, 6.07) is 9.84. The molecule has 3 rings (SSSR count). The van der Waals surface area contributed by atoms with Gasteiger partial charge in [0.1, 0.15) is 0 Å². The van der Waals surface area contributed by atoms with Crippen LogP contribution in [0.15, 0.2) is 24.3 Å². The van der Waals surface area contributed by atoms with Crippen molar-refractivity contribution >= 4 is 5.69 Å². The van der Waals surface area contributed by atoms with Crippen molar-refractivity contribution in [1.82, 2.24) is 0 Å². The molecule has 2 bridgehead atoms. The van der Waals surface area contributed by atoms with E-state index in [9.17, 15) is 0 Å². The van der Waals surface area contributed by atoms with Crippen molar-refractivity contribution in [2.75, 3.05) is 11.4 Å². The molecule has 1 saturated heterocycles. The first-order valence-electron chi connectivity index (χ1n) is 5.66. The Morgan fingerprint density at radius 2 is 1.93 bits per heavy atom. The van der Waals surface area contributed by atoms with E-state index < -0.39 is 0 Å². The monoisotopic (exact) mass is 187 g/mol. The number of hydrogen-bond donors (Lipinski definition) is 0. The summed E-state index contributed by atoms with van der Waals surface area (Å²) < 4.78 is 0. The smallest absolute Gasteiger partial charge is 0.0368 e. The van der Waals surface area contributed by atoms with Gasteiger partial charge in [-0.3, -0.25) is 0 Å². The summed E-state index contributed by atoms with van der Waals surface area (Å²) >= 11 is 0. The minimum Gasteiger partial charge on any atom is -0.368 e. The van der Waals surface area contributed by atoms with Crippen LogP contribution in [0.25, 0.3) is 0 Å². The highest BCUT2D eigenvalue weighted by atomic mass is 15.2. The van der Waals surface area contributed by atoms with Crippen molar-refractivity contribution in [3.8, 4) is 0 Å². The number of anilines is 1. The molecule has 1 aliphatic heterocycles. The Morgan fingerprint density at radius 1 is 1.14 bits per heavy atom. The topological polar surface area (TPSA) is 3.24 Å². The fourth-order valence-electron chi connectivity index (χ4n) is 2.98. The summed E-state index contributed by atoms with van der Waals surface area (Å²) in [5.41, 5.74) is 2.79. The largest absolute Gasteiger partial charge is 0.368 e. The van der Waals surface area contributed by atoms with E-state index in [-0.39, 0.29) is 0 Å². The maximum atomic E-state index is 2.60. The lowest BCUT2D eigenvalue weighted by Gasteiger charge is -2.29. The summed E-state index contributed by atoms with van der Waals surface area (Å²) in [6.07, 6.45) is 4.32. The Balaban J connectivity index is 1.86. The Kier molecular flexibility index (Phi) is 1.79. The van der Waals surface area contributed by atoms with Gasteiger partial charge in [-0.1, -0.05) is 17.7 Å². The minimum atomic E-state index is 0.850. The van der Waals surface area contributed by atoms with Crippen LogP contribution >= 0.6 is 0 Å². The Morgan fingerprint density at radius 3 is 2.50 bits per heavy atom. The van der Waals surface area contributed by atoms with Gasteiger partial charge < -0.3 is 4.90 Å². The minimum absolute atomic E-state index is 0.850. The van der Waals surface area contributed by atoms with Crippen molar-refractivity contribution in [2.24, 2.45) is 5.92 Å². The molecule has 0 spiro atoms. The van der Waals surface area contributed by atoms with E-state index in [1.54, 1.807) is 0 Å². The molecule has 1 aliphatic carbocycles. The van der Waals surface area contributed by atoms with Gasteiger partial charge >= 0.3 is 0 Å². The lowest BCUT2D eigenvalue weighted by Crippen LogP contribution is -2.31. The molecule has 2 fully saturated rings. The molecule has 1 aromatic carbocycles. The zero-order valence-corrected chi connectivity index (χ0v) is 8.74. The molecule has 14 heavy (non-hydrogen) atoms. The van der Waals surface area contributed by atoms with E-state index in [0.29, 0.717) is 0 Å². The van der Waals surface area contributed by atoms with E-state index in [4.69, 9.17) is 0 Å². The normalized spacial score (nSPS) is 29.9. The summed E-state index contributed by atoms with van der Waals surface area (Å²) in [5.74, 6) is 0.987. The highest BCUT2D eigenvalue weighted by Gasteiger charge is 2.37. The predicted octanol–water partition coefficient (Wildman–Crippen LogP) is 2.98. The molecule has 2 atom stereocenters. The number of benzene rings is 1. The van der Waals surface area contributed by atoms with Crippen LogP contribution in [0, 0.1) is 12.8 Å². The molecule has 0 radical (unpaired) electrons. The quantitative estimate of drug-likeness (QED) is 0.653. The number of rotatable bonds is 1. The third-order valence-corrected chi connectivity index (χ3v) is 3.77. The molecule has 1 heteroatoms. The lowest BCUT2D eigenvalue weighted by molar-refractivity contribution is 0.553. The maximum Gasteiger partial charge on any atom is 0.0368 e. The zero-order valence-electron chi connectivity index (χ0n) is 8.74. The van der Waals surface area contributed by atoms with Crippen molar-refractivity contribution in [2.45, 2.75) is 32.2 Å². The summed E-state index contributed by atoms with van der Waals surface area (Å²) in [5, 5.41) is 0. The third kappa shape index (κ3) is 1.23. The van der Waals surface area contributed by atoms with Crippen LogP contribution < -0.4 is 4.90 Å². The Hall–Kier alpha value is -0.980. The molecular weight excluding hydrogens is 170 g/mol. The van der Waals surface area contributed by atoms with E-state index in [0.717, 1.165) is 12.0 Å². The molecule has 1 nitrogen and oxygen atoms in total. The second kappa shape index (κ2) is 3.01. The second-order valence-corrected chi connectivity index (χ2v) is 4.82. The molecule has 0 amide bonds. The highest BCUT2D eigenvalue weighted by Crippen LogP contribution is 2.39. The van der Waals surface area contributed by atoms with Gasteiger partial charge in [-0.25, -0.2) is 0 Å². The first-order valence-corrected chi connectivity index (χ1v) is 5.66. The summed E-state index contributed by atoms with van der Waals surface area (Å²) in [4.78, 5) is 2.60. The number of aryl methyl sites for hydroxylation is 1. The van der Waals surface area contributed by atoms with Gasteiger partial charge in [0.05, 0.1) is 0 Å². The van der Waals surface area contributed by atoms with Gasteiger partial charge in [0.15, 0.2) is 0 Å². The van der Waals surface area contributed by atoms with Gasteiger partial charge in [0.2, 0.25) is 0 Å². The molecule has 1 saturated carbocycles. The molecular formula is C13H17N. The fourth-order valence-corrected chi connectivity index (χ4v) is 2.98. The average Bonchev–Trinajstić information content (AvgIpc) is 2.80. The van der Waals surface area contributed by atoms with Crippen LogP contribution in [0.5, 0.6) is 0 Å². The first kappa shape index (κ1) is 8.34. The van der Waals surface area contributed by atoms with Crippen LogP contribution in [0.1, 0.15) is 24.8 Å². The van der Waals surface area contributed by atoms with E-state index in [2.05, 4.69) is 36.1 Å². The molecule has 1 aromatic rings. The van der Waals surface area contributed by atoms with Crippen molar-refractivity contribution in [3.63, 3.8) is 0 Å². The van der Waals surface area contributed by atoms with Gasteiger partial charge in [-0.15, -0.1) is 0 Å². The second-order valence-electron chi connectivity index (χ2n) is 4.82. The average molecular weight is 187 g/mol. The van der Waals surface area contributed by atoms with E-state index in [1.165, 1.54) is 37.1 Å². The first-order chi connectivity index (χ1) is 6.83. The highest BCUT2D eigenvalue weighted by molar-refractivity contribution is 5.50. The Bertz CT molecular complexity index is 328. The number of nitrogens with zero attached hydrogens (tertiary/aromatic N) is 1. The van der Waals surface area contributed by atoms with Crippen molar-refractivity contribution in [1.29, 1.82) is 0 Å². The van der Waals surface area contributed by atoms with Gasteiger partial charge in [-0.05, 0) is 44.2 Å². The summed E-state index contributed by atoms with van der Waals surface area (Å²) in [6.45, 7) is 3.45. The molecule has 74 valence electrons. The predicted molar refractivity (Wildman–Crippen MR) is 59.7 cm³/mol. The van der Waals surface area contributed by atoms with Crippen LogP contribution in [0.2, 0.25) is 0 Å². The third-order valence-electron chi connectivity index (χ3n) is 3.77. The summed E-state index contributed by atoms with van der Waals surface area (Å²) in [7, 11) is 0. The molecule has 2 aliphatic rings. The fraction of sp³-hybridized carbons (Fsp3) is 0.538. The van der Waals surface area contributed by atoms with E-state index >= 15 is 0 Å². The van der Waals surface area contributed by atoms with Gasteiger partial charge in [0.25, 0.3) is 0 Å². The van der Waals surface area contributed by atoms with Crippen molar-refractivity contribution in [3.05, 3.63) is 29.8 Å². The standard InChI is InChI=1S/C13H17N/c1-10-2-5-12(6-3-10)14-9-11-4-7-13(14)8-11/h2-3,5-6,11,13H,4,7-9H2,1H3/t11-,13+/m1/s1. The van der Waals surface area contributed by atoms with E-state index in [1.807, 2.05) is 0 Å². The Labute approximate surface area is 85.7 Å². The van der Waals surface area contributed by atoms with Crippen molar-refractivity contribution < 1.29 is 0 Å². The number of piperidine rings is 1. The molecule has 0 unspecified atom stereocenters. The van der Waals surface area contributed by atoms with Gasteiger partial charge in [0, 0.05) is 18.3 Å². The molecule has 0 N–H and O–H groups in total. The van der Waals surface area contributed by atoms with Crippen LogP contribution in [0.3, 0.4) is 0 Å². The SMILES string of the molecule is Cc1ccc(N2C[C@@H]3CC[C@H]2C3)cc1. The van der Waals surface area contributed by atoms with Gasteiger partial charge in [-0.2, -0.15) is 0 Å². The molecule has 1 heterocycles.